The molecule has 22 heavy (non-hydrogen) atoms. The van der Waals surface area contributed by atoms with Crippen molar-refractivity contribution in [2.45, 2.75) is 13.3 Å². The van der Waals surface area contributed by atoms with E-state index in [4.69, 9.17) is 0 Å². The molecule has 116 valence electrons. The Morgan fingerprint density at radius 1 is 1.23 bits per heavy atom. The summed E-state index contributed by atoms with van der Waals surface area (Å²) in [6.07, 6.45) is 2.99. The molecule has 0 atom stereocenters. The Labute approximate surface area is 131 Å². The molecule has 0 saturated carbocycles. The van der Waals surface area contributed by atoms with Crippen molar-refractivity contribution in [3.63, 3.8) is 0 Å². The highest BCUT2D eigenvalue weighted by molar-refractivity contribution is 6.12. The summed E-state index contributed by atoms with van der Waals surface area (Å²) in [5.41, 5.74) is 2.86. The second-order valence-corrected chi connectivity index (χ2v) is 5.82. The summed E-state index contributed by atoms with van der Waals surface area (Å²) >= 11 is 0. The smallest absolute Gasteiger partial charge is 0.296 e. The number of hydrogen-bond donors (Lipinski definition) is 0. The number of aliphatic imine (C=N–C) groups is 1. The summed E-state index contributed by atoms with van der Waals surface area (Å²) in [4.78, 5) is 22.8. The van der Waals surface area contributed by atoms with E-state index in [0.717, 1.165) is 43.3 Å². The first kappa shape index (κ1) is 14.6. The molecule has 1 aromatic carbocycles. The molecule has 5 nitrogen and oxygen atoms in total. The fourth-order valence-corrected chi connectivity index (χ4v) is 2.88. The van der Waals surface area contributed by atoms with Crippen LogP contribution in [0.2, 0.25) is 0 Å². The highest BCUT2D eigenvalue weighted by atomic mass is 16.2. The van der Waals surface area contributed by atoms with Crippen molar-refractivity contribution in [1.29, 1.82) is 0 Å². The lowest BCUT2D eigenvalue weighted by molar-refractivity contribution is -0.114. The van der Waals surface area contributed by atoms with Crippen molar-refractivity contribution >= 4 is 23.6 Å². The van der Waals surface area contributed by atoms with Gasteiger partial charge in [-0.1, -0.05) is 12.1 Å². The Morgan fingerprint density at radius 3 is 2.59 bits per heavy atom. The molecule has 0 aliphatic carbocycles. The first-order valence-corrected chi connectivity index (χ1v) is 7.74. The third-order valence-corrected chi connectivity index (χ3v) is 4.14. The third kappa shape index (κ3) is 2.58. The zero-order valence-electron chi connectivity index (χ0n) is 13.4. The van der Waals surface area contributed by atoms with Crippen LogP contribution in [0.15, 0.2) is 35.0 Å². The zero-order valence-corrected chi connectivity index (χ0v) is 13.4. The number of rotatable bonds is 3. The summed E-state index contributed by atoms with van der Waals surface area (Å²) in [7, 11) is 4.03. The second-order valence-electron chi connectivity index (χ2n) is 5.82. The highest BCUT2D eigenvalue weighted by Crippen LogP contribution is 2.25. The Hall–Kier alpha value is -2.30. The lowest BCUT2D eigenvalue weighted by Crippen LogP contribution is -2.47. The van der Waals surface area contributed by atoms with Gasteiger partial charge in [0.1, 0.15) is 5.70 Å². The van der Waals surface area contributed by atoms with Crippen LogP contribution in [0.3, 0.4) is 0 Å². The Morgan fingerprint density at radius 2 is 1.95 bits per heavy atom. The van der Waals surface area contributed by atoms with E-state index in [1.165, 1.54) is 0 Å². The SMILES string of the molecule is CCN1CCCN2C1=NC(=O)/C2=C\c1ccc(N(C)C)cc1. The third-order valence-electron chi connectivity index (χ3n) is 4.14. The predicted octanol–water partition coefficient (Wildman–Crippen LogP) is 2.02. The molecule has 0 aromatic heterocycles. The van der Waals surface area contributed by atoms with Crippen molar-refractivity contribution in [2.75, 3.05) is 38.6 Å². The number of carbonyl (C=O) groups is 1. The largest absolute Gasteiger partial charge is 0.378 e. The van der Waals surface area contributed by atoms with Crippen LogP contribution in [-0.2, 0) is 4.79 Å². The molecule has 2 heterocycles. The van der Waals surface area contributed by atoms with Gasteiger partial charge in [0.2, 0.25) is 5.96 Å². The Kier molecular flexibility index (Phi) is 3.88. The molecule has 0 spiro atoms. The van der Waals surface area contributed by atoms with E-state index >= 15 is 0 Å². The van der Waals surface area contributed by atoms with E-state index < -0.39 is 0 Å². The van der Waals surface area contributed by atoms with Gasteiger partial charge in [-0.2, -0.15) is 4.99 Å². The maximum atomic E-state index is 12.2. The average molecular weight is 298 g/mol. The Balaban J connectivity index is 1.87. The van der Waals surface area contributed by atoms with Crippen molar-refractivity contribution in [1.82, 2.24) is 9.80 Å². The summed E-state index contributed by atoms with van der Waals surface area (Å²) in [6.45, 7) is 4.82. The molecule has 5 heteroatoms. The van der Waals surface area contributed by atoms with Crippen molar-refractivity contribution < 1.29 is 4.79 Å². The monoisotopic (exact) mass is 298 g/mol. The van der Waals surface area contributed by atoms with Crippen LogP contribution in [0, 0.1) is 0 Å². The van der Waals surface area contributed by atoms with Crippen LogP contribution >= 0.6 is 0 Å². The van der Waals surface area contributed by atoms with E-state index in [2.05, 4.69) is 38.7 Å². The number of fused-ring (bicyclic) bond motifs is 1. The van der Waals surface area contributed by atoms with Gasteiger partial charge in [-0.3, -0.25) is 4.79 Å². The molecule has 0 radical (unpaired) electrons. The van der Waals surface area contributed by atoms with Gasteiger partial charge in [0.15, 0.2) is 0 Å². The van der Waals surface area contributed by atoms with Crippen LogP contribution in [0.1, 0.15) is 18.9 Å². The minimum Gasteiger partial charge on any atom is -0.378 e. The molecule has 1 saturated heterocycles. The van der Waals surface area contributed by atoms with Gasteiger partial charge < -0.3 is 14.7 Å². The topological polar surface area (TPSA) is 39.1 Å². The predicted molar refractivity (Wildman–Crippen MR) is 89.8 cm³/mol. The molecule has 0 bridgehead atoms. The number of anilines is 1. The fraction of sp³-hybridized carbons (Fsp3) is 0.412. The lowest BCUT2D eigenvalue weighted by atomic mass is 10.1. The fourth-order valence-electron chi connectivity index (χ4n) is 2.88. The minimum atomic E-state index is -0.132. The molecule has 1 amide bonds. The standard InChI is InChI=1S/C17H22N4O/c1-4-20-10-5-11-21-15(16(22)18-17(20)21)12-13-6-8-14(9-7-13)19(2)3/h6-9,12H,4-5,10-11H2,1-3H3/b15-12+. The van der Waals surface area contributed by atoms with Crippen LogP contribution < -0.4 is 4.90 Å². The summed E-state index contributed by atoms with van der Waals surface area (Å²) in [5.74, 6) is 0.682. The molecule has 0 N–H and O–H groups in total. The molecular weight excluding hydrogens is 276 g/mol. The molecule has 3 rings (SSSR count). The van der Waals surface area contributed by atoms with Gasteiger partial charge >= 0.3 is 0 Å². The Bertz CT molecular complexity index is 631. The van der Waals surface area contributed by atoms with E-state index in [-0.39, 0.29) is 5.91 Å². The molecule has 2 aliphatic rings. The van der Waals surface area contributed by atoms with E-state index in [9.17, 15) is 4.79 Å². The van der Waals surface area contributed by atoms with Gasteiger partial charge in [0, 0.05) is 39.4 Å². The molecule has 1 aromatic rings. The first-order valence-electron chi connectivity index (χ1n) is 7.74. The first-order chi connectivity index (χ1) is 10.6. The van der Waals surface area contributed by atoms with Gasteiger partial charge in [0.25, 0.3) is 5.91 Å². The number of carbonyl (C=O) groups excluding carboxylic acids is 1. The van der Waals surface area contributed by atoms with Crippen molar-refractivity contribution in [2.24, 2.45) is 4.99 Å². The molecule has 1 fully saturated rings. The maximum Gasteiger partial charge on any atom is 0.296 e. The van der Waals surface area contributed by atoms with Crippen LogP contribution in [-0.4, -0.2) is 55.4 Å². The number of guanidine groups is 1. The normalized spacial score (nSPS) is 19.5. The summed E-state index contributed by atoms with van der Waals surface area (Å²) in [6, 6.07) is 8.19. The lowest BCUT2D eigenvalue weighted by Gasteiger charge is -2.35. The quantitative estimate of drug-likeness (QED) is 0.800. The second kappa shape index (κ2) is 5.83. The van der Waals surface area contributed by atoms with Gasteiger partial charge in [-0.15, -0.1) is 0 Å². The number of hydrogen-bond acceptors (Lipinski definition) is 4. The van der Waals surface area contributed by atoms with E-state index in [1.54, 1.807) is 0 Å². The number of nitrogens with zero attached hydrogens (tertiary/aromatic N) is 4. The van der Waals surface area contributed by atoms with Gasteiger partial charge in [-0.25, -0.2) is 0 Å². The number of benzene rings is 1. The van der Waals surface area contributed by atoms with E-state index in [1.807, 2.05) is 32.3 Å². The van der Waals surface area contributed by atoms with Crippen molar-refractivity contribution in [3.05, 3.63) is 35.5 Å². The van der Waals surface area contributed by atoms with Crippen molar-refractivity contribution in [3.8, 4) is 0 Å². The number of amides is 1. The van der Waals surface area contributed by atoms with E-state index in [0.29, 0.717) is 5.70 Å². The minimum absolute atomic E-state index is 0.132. The average Bonchev–Trinajstić information content (AvgIpc) is 2.84. The highest BCUT2D eigenvalue weighted by Gasteiger charge is 2.34. The molecule has 0 unspecified atom stereocenters. The van der Waals surface area contributed by atoms with Crippen LogP contribution in [0.25, 0.3) is 6.08 Å². The zero-order chi connectivity index (χ0) is 15.7. The van der Waals surface area contributed by atoms with Gasteiger partial charge in [-0.05, 0) is 37.1 Å². The molecule has 2 aliphatic heterocycles. The summed E-state index contributed by atoms with van der Waals surface area (Å²) in [5, 5.41) is 0. The van der Waals surface area contributed by atoms with Crippen LogP contribution in [0.4, 0.5) is 5.69 Å². The molecular formula is C17H22N4O. The maximum absolute atomic E-state index is 12.2. The summed E-state index contributed by atoms with van der Waals surface area (Å²) < 4.78 is 0. The van der Waals surface area contributed by atoms with Gasteiger partial charge in [0.05, 0.1) is 0 Å². The van der Waals surface area contributed by atoms with Crippen LogP contribution in [0.5, 0.6) is 0 Å².